The van der Waals surface area contributed by atoms with Gasteiger partial charge in [-0.05, 0) is 49.4 Å². The quantitative estimate of drug-likeness (QED) is 0.824. The molecule has 0 aromatic heterocycles. The topological polar surface area (TPSA) is 69.6 Å². The maximum atomic E-state index is 11.9. The van der Waals surface area contributed by atoms with Crippen molar-refractivity contribution in [3.05, 3.63) is 35.4 Å². The number of aliphatic hydroxyl groups excluding tert-OH is 1. The molecule has 0 spiro atoms. The van der Waals surface area contributed by atoms with Gasteiger partial charge in [-0.3, -0.25) is 14.9 Å². The Morgan fingerprint density at radius 1 is 1.04 bits per heavy atom. The summed E-state index contributed by atoms with van der Waals surface area (Å²) >= 11 is 0. The Kier molecular flexibility index (Phi) is 5.08. The zero-order valence-electron chi connectivity index (χ0n) is 13.3. The number of aliphatic hydroxyl groups is 1. The van der Waals surface area contributed by atoms with Gasteiger partial charge in [0.25, 0.3) is 0 Å². The summed E-state index contributed by atoms with van der Waals surface area (Å²) in [6.07, 6.45) is 3.24. The molecule has 1 atom stereocenters. The number of imide groups is 1. The molecule has 2 N–H and O–H groups in total. The van der Waals surface area contributed by atoms with Crippen molar-refractivity contribution in [1.82, 2.24) is 10.2 Å². The van der Waals surface area contributed by atoms with E-state index in [0.717, 1.165) is 38.0 Å². The molecule has 0 aliphatic carbocycles. The molecule has 2 saturated heterocycles. The van der Waals surface area contributed by atoms with Crippen LogP contribution in [0.1, 0.15) is 48.6 Å². The smallest absolute Gasteiger partial charge is 0.234 e. The number of nitrogens with one attached hydrogen (secondary N) is 1. The van der Waals surface area contributed by atoms with Crippen LogP contribution in [0.25, 0.3) is 0 Å². The number of carbonyl (C=O) groups is 2. The van der Waals surface area contributed by atoms with Gasteiger partial charge in [0.05, 0.1) is 12.5 Å². The Morgan fingerprint density at radius 2 is 1.70 bits per heavy atom. The fraction of sp³-hybridized carbons (Fsp3) is 0.556. The summed E-state index contributed by atoms with van der Waals surface area (Å²) in [5, 5.41) is 11.4. The van der Waals surface area contributed by atoms with Gasteiger partial charge in [-0.25, -0.2) is 0 Å². The van der Waals surface area contributed by atoms with E-state index in [4.69, 9.17) is 5.11 Å². The minimum absolute atomic E-state index is 0.169. The molecule has 1 unspecified atom stereocenters. The molecule has 1 aromatic rings. The van der Waals surface area contributed by atoms with Crippen LogP contribution in [0.15, 0.2) is 24.3 Å². The average Bonchev–Trinajstić information content (AvgIpc) is 2.56. The first-order chi connectivity index (χ1) is 11.2. The molecular weight excluding hydrogens is 292 g/mol. The first kappa shape index (κ1) is 16.1. The van der Waals surface area contributed by atoms with E-state index in [-0.39, 0.29) is 24.3 Å². The number of nitrogens with zero attached hydrogens (tertiary/aromatic N) is 1. The Hall–Kier alpha value is -1.72. The van der Waals surface area contributed by atoms with Crippen molar-refractivity contribution in [3.8, 4) is 0 Å². The fourth-order valence-corrected chi connectivity index (χ4v) is 3.64. The van der Waals surface area contributed by atoms with Crippen LogP contribution in [-0.2, 0) is 9.59 Å². The van der Waals surface area contributed by atoms with E-state index in [1.54, 1.807) is 0 Å². The summed E-state index contributed by atoms with van der Waals surface area (Å²) in [6.45, 7) is 3.05. The molecule has 2 heterocycles. The third-order valence-electron chi connectivity index (χ3n) is 5.05. The summed E-state index contributed by atoms with van der Waals surface area (Å²) in [5.41, 5.74) is 2.32. The zero-order chi connectivity index (χ0) is 16.2. The van der Waals surface area contributed by atoms with Gasteiger partial charge < -0.3 is 10.0 Å². The molecule has 5 nitrogen and oxygen atoms in total. The van der Waals surface area contributed by atoms with Gasteiger partial charge in [-0.1, -0.05) is 24.3 Å². The number of amides is 2. The molecule has 23 heavy (non-hydrogen) atoms. The van der Waals surface area contributed by atoms with Crippen molar-refractivity contribution in [2.75, 3.05) is 26.2 Å². The number of carbonyl (C=O) groups excluding carboxylic acids is 2. The average molecular weight is 316 g/mol. The number of hydrogen-bond acceptors (Lipinski definition) is 4. The summed E-state index contributed by atoms with van der Waals surface area (Å²) < 4.78 is 0. The maximum Gasteiger partial charge on any atom is 0.234 e. The second-order valence-electron chi connectivity index (χ2n) is 6.51. The normalized spacial score (nSPS) is 23.8. The number of β-amino-alcohol motifs (C(OH)–C–C–N with tert-alkyl or cyclic N) is 1. The number of likely N-dealkylation sites (tertiary alicyclic amines) is 1. The van der Waals surface area contributed by atoms with E-state index in [9.17, 15) is 9.59 Å². The highest BCUT2D eigenvalue weighted by molar-refractivity contribution is 6.00. The van der Waals surface area contributed by atoms with E-state index in [2.05, 4.69) is 22.3 Å². The van der Waals surface area contributed by atoms with Gasteiger partial charge in [-0.2, -0.15) is 0 Å². The van der Waals surface area contributed by atoms with Crippen LogP contribution in [0.5, 0.6) is 0 Å². The first-order valence-electron chi connectivity index (χ1n) is 8.44. The summed E-state index contributed by atoms with van der Waals surface area (Å²) in [6, 6.07) is 8.34. The maximum absolute atomic E-state index is 11.9. The van der Waals surface area contributed by atoms with Crippen molar-refractivity contribution in [1.29, 1.82) is 0 Å². The lowest BCUT2D eigenvalue weighted by molar-refractivity contribution is -0.134. The van der Waals surface area contributed by atoms with Crippen molar-refractivity contribution in [2.24, 2.45) is 0 Å². The van der Waals surface area contributed by atoms with Gasteiger partial charge in [-0.15, -0.1) is 0 Å². The predicted octanol–water partition coefficient (Wildman–Crippen LogP) is 1.38. The van der Waals surface area contributed by atoms with E-state index in [1.807, 2.05) is 12.1 Å². The van der Waals surface area contributed by atoms with Gasteiger partial charge in [0.15, 0.2) is 0 Å². The van der Waals surface area contributed by atoms with Crippen LogP contribution < -0.4 is 5.32 Å². The van der Waals surface area contributed by atoms with E-state index in [0.29, 0.717) is 18.8 Å². The monoisotopic (exact) mass is 316 g/mol. The third-order valence-corrected chi connectivity index (χ3v) is 5.05. The van der Waals surface area contributed by atoms with Crippen LogP contribution in [0, 0.1) is 0 Å². The van der Waals surface area contributed by atoms with Gasteiger partial charge in [0.2, 0.25) is 11.8 Å². The standard InChI is InChI=1S/C18H24N2O3/c21-12-11-20-9-7-14(8-10-20)13-1-3-15(4-2-13)16-5-6-17(22)19-18(16)23/h1-4,14,16,21H,5-12H2,(H,19,22,23). The lowest BCUT2D eigenvalue weighted by Crippen LogP contribution is -2.39. The summed E-state index contributed by atoms with van der Waals surface area (Å²) in [7, 11) is 0. The Labute approximate surface area is 136 Å². The molecule has 0 saturated carbocycles. The minimum atomic E-state index is -0.201. The molecule has 2 fully saturated rings. The number of piperidine rings is 2. The van der Waals surface area contributed by atoms with E-state index < -0.39 is 0 Å². The van der Waals surface area contributed by atoms with E-state index >= 15 is 0 Å². The van der Waals surface area contributed by atoms with Gasteiger partial charge >= 0.3 is 0 Å². The molecule has 2 aliphatic heterocycles. The van der Waals surface area contributed by atoms with Crippen molar-refractivity contribution in [2.45, 2.75) is 37.5 Å². The first-order valence-corrected chi connectivity index (χ1v) is 8.44. The summed E-state index contributed by atoms with van der Waals surface area (Å²) in [4.78, 5) is 25.5. The van der Waals surface area contributed by atoms with Crippen LogP contribution >= 0.6 is 0 Å². The molecule has 1 aromatic carbocycles. The van der Waals surface area contributed by atoms with E-state index in [1.165, 1.54) is 5.56 Å². The zero-order valence-corrected chi connectivity index (χ0v) is 13.3. The predicted molar refractivity (Wildman–Crippen MR) is 87.1 cm³/mol. The summed E-state index contributed by atoms with van der Waals surface area (Å²) in [5.74, 6) is 0.0118. The molecule has 0 radical (unpaired) electrons. The van der Waals surface area contributed by atoms with Crippen LogP contribution in [0.4, 0.5) is 0 Å². The molecular formula is C18H24N2O3. The Bertz CT molecular complexity index is 562. The number of benzene rings is 1. The molecule has 5 heteroatoms. The minimum Gasteiger partial charge on any atom is -0.395 e. The highest BCUT2D eigenvalue weighted by Gasteiger charge is 2.28. The molecule has 0 bridgehead atoms. The molecule has 2 aliphatic rings. The van der Waals surface area contributed by atoms with Crippen molar-refractivity contribution < 1.29 is 14.7 Å². The second-order valence-corrected chi connectivity index (χ2v) is 6.51. The van der Waals surface area contributed by atoms with Crippen LogP contribution in [0.3, 0.4) is 0 Å². The SMILES string of the molecule is O=C1CCC(c2ccc(C3CCN(CCO)CC3)cc2)C(=O)N1. The number of hydrogen-bond donors (Lipinski definition) is 2. The van der Waals surface area contributed by atoms with Crippen LogP contribution in [-0.4, -0.2) is 48.1 Å². The Balaban J connectivity index is 1.61. The fourth-order valence-electron chi connectivity index (χ4n) is 3.64. The largest absolute Gasteiger partial charge is 0.395 e. The lowest BCUT2D eigenvalue weighted by Gasteiger charge is -2.31. The van der Waals surface area contributed by atoms with Gasteiger partial charge in [0.1, 0.15) is 0 Å². The number of rotatable bonds is 4. The third kappa shape index (κ3) is 3.79. The van der Waals surface area contributed by atoms with Crippen molar-refractivity contribution in [3.63, 3.8) is 0 Å². The lowest BCUT2D eigenvalue weighted by atomic mass is 9.86. The van der Waals surface area contributed by atoms with Gasteiger partial charge in [0, 0.05) is 13.0 Å². The molecule has 124 valence electrons. The molecule has 2 amide bonds. The highest BCUT2D eigenvalue weighted by Crippen LogP contribution is 2.30. The highest BCUT2D eigenvalue weighted by atomic mass is 16.3. The van der Waals surface area contributed by atoms with Crippen molar-refractivity contribution >= 4 is 11.8 Å². The van der Waals surface area contributed by atoms with Crippen LogP contribution in [0.2, 0.25) is 0 Å². The molecule has 3 rings (SSSR count). The Morgan fingerprint density at radius 3 is 2.30 bits per heavy atom. The second kappa shape index (κ2) is 7.23.